The Morgan fingerprint density at radius 2 is 1.79 bits per heavy atom. The van der Waals surface area contributed by atoms with Gasteiger partial charge in [0.1, 0.15) is 10.7 Å². The number of amides is 1. The van der Waals surface area contributed by atoms with E-state index in [1.165, 1.54) is 11.9 Å². The van der Waals surface area contributed by atoms with Crippen LogP contribution < -0.4 is 0 Å². The van der Waals surface area contributed by atoms with Crippen molar-refractivity contribution in [3.63, 3.8) is 0 Å². The maximum atomic E-state index is 13.0. The predicted molar refractivity (Wildman–Crippen MR) is 101 cm³/mol. The van der Waals surface area contributed by atoms with Crippen LogP contribution in [0.2, 0.25) is 15.1 Å². The first-order valence-corrected chi connectivity index (χ1v) is 9.46. The molecule has 1 amide bonds. The van der Waals surface area contributed by atoms with Crippen LogP contribution in [0.25, 0.3) is 0 Å². The van der Waals surface area contributed by atoms with Crippen LogP contribution in [0.3, 0.4) is 0 Å². The second-order valence-corrected chi connectivity index (χ2v) is 7.66. The maximum absolute atomic E-state index is 13.0. The molecule has 1 aliphatic rings. The third kappa shape index (κ3) is 4.40. The van der Waals surface area contributed by atoms with Crippen LogP contribution in [0.4, 0.5) is 13.2 Å². The van der Waals surface area contributed by atoms with Crippen LogP contribution in [-0.4, -0.2) is 51.7 Å². The summed E-state index contributed by atoms with van der Waals surface area (Å²) in [6, 6.07) is 5.27. The lowest BCUT2D eigenvalue weighted by Crippen LogP contribution is -2.48. The van der Waals surface area contributed by atoms with E-state index in [4.69, 9.17) is 34.8 Å². The highest BCUT2D eigenvalue weighted by atomic mass is 35.5. The monoisotopic (exact) mass is 454 g/mol. The zero-order chi connectivity index (χ0) is 20.6. The predicted octanol–water partition coefficient (Wildman–Crippen LogP) is 4.36. The van der Waals surface area contributed by atoms with Gasteiger partial charge in [-0.15, -0.1) is 0 Å². The summed E-state index contributed by atoms with van der Waals surface area (Å²) in [5.74, 6) is -0.570. The molecule has 2 aromatic rings. The molecule has 1 saturated heterocycles. The Labute approximate surface area is 174 Å². The van der Waals surface area contributed by atoms with Crippen LogP contribution in [-0.2, 0) is 19.8 Å². The van der Waals surface area contributed by atoms with Gasteiger partial charge in [0.25, 0.3) is 5.91 Å². The van der Waals surface area contributed by atoms with Gasteiger partial charge in [-0.1, -0.05) is 40.9 Å². The molecule has 2 heterocycles. The van der Waals surface area contributed by atoms with Crippen molar-refractivity contribution in [3.05, 3.63) is 50.2 Å². The molecule has 0 unspecified atom stereocenters. The molecule has 0 N–H and O–H groups in total. The van der Waals surface area contributed by atoms with Crippen LogP contribution in [0.5, 0.6) is 0 Å². The summed E-state index contributed by atoms with van der Waals surface area (Å²) in [4.78, 5) is 16.3. The number of aryl methyl sites for hydroxylation is 1. The van der Waals surface area contributed by atoms with E-state index in [0.29, 0.717) is 42.8 Å². The van der Waals surface area contributed by atoms with E-state index >= 15 is 0 Å². The van der Waals surface area contributed by atoms with E-state index < -0.39 is 22.8 Å². The van der Waals surface area contributed by atoms with Gasteiger partial charge < -0.3 is 4.90 Å². The standard InChI is InChI=1S/C17H16Cl3F3N4O/c1-25-14(13(20)15(24-25)17(21,22)23)16(28)27-6-4-26(5-7-27)9-10-2-3-11(18)8-12(10)19/h2-3,8H,4-7,9H2,1H3. The number of piperazine rings is 1. The smallest absolute Gasteiger partial charge is 0.335 e. The molecule has 0 aliphatic carbocycles. The van der Waals surface area contributed by atoms with Crippen molar-refractivity contribution in [2.75, 3.05) is 26.2 Å². The van der Waals surface area contributed by atoms with Crippen LogP contribution >= 0.6 is 34.8 Å². The number of aromatic nitrogens is 2. The quantitative estimate of drug-likeness (QED) is 0.691. The van der Waals surface area contributed by atoms with Gasteiger partial charge >= 0.3 is 6.18 Å². The Morgan fingerprint density at radius 1 is 1.14 bits per heavy atom. The molecule has 152 valence electrons. The molecule has 0 radical (unpaired) electrons. The van der Waals surface area contributed by atoms with Gasteiger partial charge in [-0.25, -0.2) is 0 Å². The Morgan fingerprint density at radius 3 is 2.32 bits per heavy atom. The molecule has 3 rings (SSSR count). The summed E-state index contributed by atoms with van der Waals surface area (Å²) >= 11 is 17.9. The first-order valence-electron chi connectivity index (χ1n) is 8.33. The number of alkyl halides is 3. The highest BCUT2D eigenvalue weighted by Gasteiger charge is 2.40. The fourth-order valence-electron chi connectivity index (χ4n) is 3.06. The third-order valence-electron chi connectivity index (χ3n) is 4.53. The fourth-order valence-corrected chi connectivity index (χ4v) is 3.88. The highest BCUT2D eigenvalue weighted by molar-refractivity contribution is 6.35. The summed E-state index contributed by atoms with van der Waals surface area (Å²) < 4.78 is 39.7. The summed E-state index contributed by atoms with van der Waals surface area (Å²) in [5.41, 5.74) is -0.602. The molecular formula is C17H16Cl3F3N4O. The lowest BCUT2D eigenvalue weighted by molar-refractivity contribution is -0.141. The van der Waals surface area contributed by atoms with Gasteiger partial charge in [0.2, 0.25) is 0 Å². The number of nitrogens with zero attached hydrogens (tertiary/aromatic N) is 4. The van der Waals surface area contributed by atoms with E-state index in [1.807, 2.05) is 6.07 Å². The summed E-state index contributed by atoms with van der Waals surface area (Å²) in [7, 11) is 1.27. The average molecular weight is 456 g/mol. The molecule has 5 nitrogen and oxygen atoms in total. The normalized spacial score (nSPS) is 15.9. The Bertz CT molecular complexity index is 893. The van der Waals surface area contributed by atoms with Crippen molar-refractivity contribution in [2.24, 2.45) is 7.05 Å². The lowest BCUT2D eigenvalue weighted by Gasteiger charge is -2.34. The van der Waals surface area contributed by atoms with Crippen molar-refractivity contribution < 1.29 is 18.0 Å². The molecule has 0 spiro atoms. The van der Waals surface area contributed by atoms with E-state index in [9.17, 15) is 18.0 Å². The minimum atomic E-state index is -4.72. The minimum Gasteiger partial charge on any atom is -0.335 e. The SMILES string of the molecule is Cn1nc(C(F)(F)F)c(Cl)c1C(=O)N1CCN(Cc2ccc(Cl)cc2Cl)CC1. The number of rotatable bonds is 3. The van der Waals surface area contributed by atoms with Gasteiger partial charge in [0, 0.05) is 49.8 Å². The summed E-state index contributed by atoms with van der Waals surface area (Å²) in [5, 5.41) is 3.80. The number of carbonyl (C=O) groups is 1. The van der Waals surface area contributed by atoms with Gasteiger partial charge in [-0.2, -0.15) is 18.3 Å². The largest absolute Gasteiger partial charge is 0.436 e. The number of benzene rings is 1. The molecular weight excluding hydrogens is 440 g/mol. The molecule has 0 atom stereocenters. The second kappa shape index (κ2) is 8.10. The topological polar surface area (TPSA) is 41.4 Å². The van der Waals surface area contributed by atoms with Gasteiger partial charge in [0.15, 0.2) is 5.69 Å². The first kappa shape index (κ1) is 21.2. The first-order chi connectivity index (χ1) is 13.1. The van der Waals surface area contributed by atoms with E-state index in [-0.39, 0.29) is 5.69 Å². The van der Waals surface area contributed by atoms with Crippen molar-refractivity contribution in [3.8, 4) is 0 Å². The Kier molecular flexibility index (Phi) is 6.14. The number of carbonyl (C=O) groups excluding carboxylic acids is 1. The molecule has 11 heteroatoms. The molecule has 1 fully saturated rings. The second-order valence-electron chi connectivity index (χ2n) is 6.44. The number of halogens is 6. The average Bonchev–Trinajstić information content (AvgIpc) is 2.92. The van der Waals surface area contributed by atoms with Gasteiger partial charge in [-0.3, -0.25) is 14.4 Å². The van der Waals surface area contributed by atoms with E-state index in [1.54, 1.807) is 12.1 Å². The van der Waals surface area contributed by atoms with Crippen LogP contribution in [0.1, 0.15) is 21.7 Å². The molecule has 1 aromatic heterocycles. The van der Waals surface area contributed by atoms with Crippen molar-refractivity contribution >= 4 is 40.7 Å². The number of hydrogen-bond donors (Lipinski definition) is 0. The molecule has 1 aliphatic heterocycles. The van der Waals surface area contributed by atoms with Crippen LogP contribution in [0, 0.1) is 0 Å². The highest BCUT2D eigenvalue weighted by Crippen LogP contribution is 2.35. The molecule has 28 heavy (non-hydrogen) atoms. The lowest BCUT2D eigenvalue weighted by atomic mass is 10.2. The summed E-state index contributed by atoms with van der Waals surface area (Å²) in [6.45, 7) is 2.39. The van der Waals surface area contributed by atoms with Crippen molar-refractivity contribution in [1.29, 1.82) is 0 Å². The maximum Gasteiger partial charge on any atom is 0.436 e. The van der Waals surface area contributed by atoms with Gasteiger partial charge in [-0.05, 0) is 17.7 Å². The Balaban J connectivity index is 1.67. The van der Waals surface area contributed by atoms with Gasteiger partial charge in [0.05, 0.1) is 0 Å². The van der Waals surface area contributed by atoms with E-state index in [2.05, 4.69) is 10.00 Å². The van der Waals surface area contributed by atoms with Crippen LogP contribution in [0.15, 0.2) is 18.2 Å². The fraction of sp³-hybridized carbons (Fsp3) is 0.412. The molecule has 1 aromatic carbocycles. The third-order valence-corrected chi connectivity index (χ3v) is 5.47. The van der Waals surface area contributed by atoms with E-state index in [0.717, 1.165) is 10.2 Å². The summed E-state index contributed by atoms with van der Waals surface area (Å²) in [6.07, 6.45) is -4.72. The molecule has 0 saturated carbocycles. The number of hydrogen-bond acceptors (Lipinski definition) is 3. The van der Waals surface area contributed by atoms with Crippen molar-refractivity contribution in [1.82, 2.24) is 19.6 Å². The zero-order valence-corrected chi connectivity index (χ0v) is 17.0. The Hall–Kier alpha value is -1.48. The molecule has 0 bridgehead atoms. The minimum absolute atomic E-state index is 0.261. The van der Waals surface area contributed by atoms with Crippen molar-refractivity contribution in [2.45, 2.75) is 12.7 Å². The zero-order valence-electron chi connectivity index (χ0n) is 14.7.